The number of carbonyl (C=O) groups excluding carboxylic acids is 1. The van der Waals surface area contributed by atoms with E-state index in [1.165, 1.54) is 11.8 Å². The largest absolute Gasteiger partial charge is 0.486 e. The van der Waals surface area contributed by atoms with Crippen LogP contribution in [0.25, 0.3) is 0 Å². The zero-order chi connectivity index (χ0) is 21.1. The van der Waals surface area contributed by atoms with E-state index in [4.69, 9.17) is 25.8 Å². The highest BCUT2D eigenvalue weighted by Gasteiger charge is 2.20. The third-order valence-corrected chi connectivity index (χ3v) is 5.78. The van der Waals surface area contributed by atoms with Gasteiger partial charge in [0.2, 0.25) is 12.7 Å². The van der Waals surface area contributed by atoms with E-state index in [0.717, 1.165) is 0 Å². The van der Waals surface area contributed by atoms with Gasteiger partial charge < -0.3 is 24.1 Å². The zero-order valence-electron chi connectivity index (χ0n) is 16.3. The van der Waals surface area contributed by atoms with Gasteiger partial charge in [-0.25, -0.2) is 0 Å². The Hall–Kier alpha value is -2.91. The molecule has 0 saturated carbocycles. The molecule has 0 spiro atoms. The van der Waals surface area contributed by atoms with Crippen molar-refractivity contribution in [2.75, 3.05) is 12.1 Å². The van der Waals surface area contributed by atoms with Gasteiger partial charge >= 0.3 is 0 Å². The Morgan fingerprint density at radius 2 is 2.00 bits per heavy atom. The van der Waals surface area contributed by atoms with Crippen molar-refractivity contribution in [3.8, 4) is 17.2 Å². The molecule has 3 aromatic rings. The predicted octanol–water partition coefficient (Wildman–Crippen LogP) is 3.90. The molecule has 4 rings (SSSR count). The monoisotopic (exact) mass is 446 g/mol. The number of ether oxygens (including phenoxy) is 3. The number of benzene rings is 2. The fourth-order valence-corrected chi connectivity index (χ4v) is 3.64. The number of rotatable bonds is 7. The van der Waals surface area contributed by atoms with Gasteiger partial charge in [-0.05, 0) is 43.3 Å². The molecule has 1 aliphatic rings. The fourth-order valence-electron chi connectivity index (χ4n) is 2.68. The van der Waals surface area contributed by atoms with Crippen molar-refractivity contribution in [2.24, 2.45) is 7.05 Å². The van der Waals surface area contributed by atoms with E-state index in [1.807, 2.05) is 18.5 Å². The molecule has 0 unspecified atom stereocenters. The second-order valence-corrected chi connectivity index (χ2v) is 8.26. The maximum absolute atomic E-state index is 12.6. The van der Waals surface area contributed by atoms with E-state index in [0.29, 0.717) is 38.9 Å². The summed E-state index contributed by atoms with van der Waals surface area (Å²) in [6.45, 7) is 2.25. The number of carbonyl (C=O) groups is 1. The van der Waals surface area contributed by atoms with E-state index in [1.54, 1.807) is 42.5 Å². The highest BCUT2D eigenvalue weighted by atomic mass is 35.5. The minimum absolute atomic E-state index is 0.152. The van der Waals surface area contributed by atoms with Crippen LogP contribution in [0.3, 0.4) is 0 Å². The normalized spacial score (nSPS) is 13.2. The molecule has 30 heavy (non-hydrogen) atoms. The lowest BCUT2D eigenvalue weighted by Crippen LogP contribution is -2.22. The first kappa shape index (κ1) is 20.4. The van der Waals surface area contributed by atoms with Crippen LogP contribution in [0.2, 0.25) is 5.02 Å². The van der Waals surface area contributed by atoms with Crippen LogP contribution in [0.4, 0.5) is 5.69 Å². The topological polar surface area (TPSA) is 87.5 Å². The third kappa shape index (κ3) is 4.63. The van der Waals surface area contributed by atoms with Crippen molar-refractivity contribution in [3.05, 3.63) is 53.3 Å². The maximum Gasteiger partial charge on any atom is 0.237 e. The molecule has 1 aromatic heterocycles. The van der Waals surface area contributed by atoms with Gasteiger partial charge in [-0.1, -0.05) is 23.4 Å². The Kier molecular flexibility index (Phi) is 6.01. The molecule has 2 aromatic carbocycles. The van der Waals surface area contributed by atoms with Crippen molar-refractivity contribution >= 4 is 35.0 Å². The molecule has 156 valence electrons. The first-order valence-electron chi connectivity index (χ1n) is 9.13. The van der Waals surface area contributed by atoms with Crippen molar-refractivity contribution < 1.29 is 19.0 Å². The Balaban J connectivity index is 1.34. The average molecular weight is 447 g/mol. The summed E-state index contributed by atoms with van der Waals surface area (Å²) in [6.07, 6.45) is 0. The first-order chi connectivity index (χ1) is 14.5. The number of anilines is 1. The van der Waals surface area contributed by atoms with Crippen LogP contribution in [0.5, 0.6) is 17.2 Å². The van der Waals surface area contributed by atoms with Gasteiger partial charge in [0, 0.05) is 23.8 Å². The summed E-state index contributed by atoms with van der Waals surface area (Å²) in [4.78, 5) is 12.6. The van der Waals surface area contributed by atoms with E-state index in [2.05, 4.69) is 15.5 Å². The van der Waals surface area contributed by atoms with Gasteiger partial charge in [0.25, 0.3) is 0 Å². The number of halogens is 1. The SMILES string of the molecule is C[C@@H](Sc1nnc(COc2ccc(Cl)cc2)n1C)C(=O)Nc1ccc2c(c1)OCO2. The highest BCUT2D eigenvalue weighted by Crippen LogP contribution is 2.34. The molecule has 1 N–H and O–H groups in total. The Bertz CT molecular complexity index is 1060. The van der Waals surface area contributed by atoms with Crippen molar-refractivity contribution in [1.82, 2.24) is 14.8 Å². The van der Waals surface area contributed by atoms with Gasteiger partial charge in [0.1, 0.15) is 12.4 Å². The number of nitrogens with one attached hydrogen (secondary N) is 1. The van der Waals surface area contributed by atoms with E-state index >= 15 is 0 Å². The van der Waals surface area contributed by atoms with Crippen LogP contribution in [0.15, 0.2) is 47.6 Å². The summed E-state index contributed by atoms with van der Waals surface area (Å²) < 4.78 is 18.1. The molecule has 0 aliphatic carbocycles. The molecule has 2 heterocycles. The molecular weight excluding hydrogens is 428 g/mol. The summed E-state index contributed by atoms with van der Waals surface area (Å²) in [5.74, 6) is 2.47. The second-order valence-electron chi connectivity index (χ2n) is 6.52. The third-order valence-electron chi connectivity index (χ3n) is 4.40. The summed E-state index contributed by atoms with van der Waals surface area (Å²) in [7, 11) is 1.84. The number of thioether (sulfide) groups is 1. The predicted molar refractivity (Wildman–Crippen MR) is 113 cm³/mol. The van der Waals surface area contributed by atoms with Crippen molar-refractivity contribution in [2.45, 2.75) is 23.9 Å². The zero-order valence-corrected chi connectivity index (χ0v) is 17.9. The van der Waals surface area contributed by atoms with Gasteiger partial charge in [0.05, 0.1) is 5.25 Å². The number of amides is 1. The minimum Gasteiger partial charge on any atom is -0.486 e. The smallest absolute Gasteiger partial charge is 0.237 e. The van der Waals surface area contributed by atoms with Gasteiger partial charge in [-0.2, -0.15) is 0 Å². The summed E-state index contributed by atoms with van der Waals surface area (Å²) in [5, 5.41) is 12.1. The number of nitrogens with zero attached hydrogens (tertiary/aromatic N) is 3. The quantitative estimate of drug-likeness (QED) is 0.551. The lowest BCUT2D eigenvalue weighted by atomic mass is 10.2. The molecule has 0 fully saturated rings. The molecular formula is C20H19ClN4O4S. The molecule has 0 radical (unpaired) electrons. The van der Waals surface area contributed by atoms with Gasteiger partial charge in [-0.3, -0.25) is 4.79 Å². The lowest BCUT2D eigenvalue weighted by Gasteiger charge is -2.12. The van der Waals surface area contributed by atoms with Crippen molar-refractivity contribution in [1.29, 1.82) is 0 Å². The first-order valence-corrected chi connectivity index (χ1v) is 10.4. The Morgan fingerprint density at radius 1 is 1.23 bits per heavy atom. The van der Waals surface area contributed by atoms with Gasteiger partial charge in [0.15, 0.2) is 22.5 Å². The molecule has 0 bridgehead atoms. The van der Waals surface area contributed by atoms with E-state index < -0.39 is 0 Å². The van der Waals surface area contributed by atoms with Crippen LogP contribution in [-0.4, -0.2) is 32.7 Å². The molecule has 1 atom stereocenters. The number of aromatic nitrogens is 3. The van der Waals surface area contributed by atoms with Crippen LogP contribution in [-0.2, 0) is 18.4 Å². The molecule has 1 amide bonds. The second kappa shape index (κ2) is 8.85. The fraction of sp³-hybridized carbons (Fsp3) is 0.250. The Morgan fingerprint density at radius 3 is 2.80 bits per heavy atom. The molecule has 8 nitrogen and oxygen atoms in total. The number of hydrogen-bond acceptors (Lipinski definition) is 7. The summed E-state index contributed by atoms with van der Waals surface area (Å²) >= 11 is 7.19. The van der Waals surface area contributed by atoms with Crippen LogP contribution in [0, 0.1) is 0 Å². The lowest BCUT2D eigenvalue weighted by molar-refractivity contribution is -0.115. The van der Waals surface area contributed by atoms with Crippen LogP contribution in [0.1, 0.15) is 12.7 Å². The maximum atomic E-state index is 12.6. The van der Waals surface area contributed by atoms with Gasteiger partial charge in [-0.15, -0.1) is 10.2 Å². The molecule has 0 saturated heterocycles. The minimum atomic E-state index is -0.386. The molecule has 1 aliphatic heterocycles. The summed E-state index contributed by atoms with van der Waals surface area (Å²) in [5.41, 5.74) is 0.645. The van der Waals surface area contributed by atoms with Crippen LogP contribution < -0.4 is 19.5 Å². The molecule has 10 heteroatoms. The highest BCUT2D eigenvalue weighted by molar-refractivity contribution is 8.00. The number of fused-ring (bicyclic) bond motifs is 1. The van der Waals surface area contributed by atoms with Crippen molar-refractivity contribution in [3.63, 3.8) is 0 Å². The summed E-state index contributed by atoms with van der Waals surface area (Å²) in [6, 6.07) is 12.4. The van der Waals surface area contributed by atoms with E-state index in [-0.39, 0.29) is 24.6 Å². The number of hydrogen-bond donors (Lipinski definition) is 1. The average Bonchev–Trinajstić information content (AvgIpc) is 3.34. The standard InChI is InChI=1S/C20H19ClN4O4S/c1-12(19(26)22-14-5-8-16-17(9-14)29-11-28-16)30-20-24-23-18(25(20)2)10-27-15-6-3-13(21)4-7-15/h3-9,12H,10-11H2,1-2H3,(H,22,26)/t12-/m1/s1. The Labute approximate surface area is 182 Å². The van der Waals surface area contributed by atoms with E-state index in [9.17, 15) is 4.79 Å². The van der Waals surface area contributed by atoms with Crippen LogP contribution >= 0.6 is 23.4 Å².